The lowest BCUT2D eigenvalue weighted by Crippen LogP contribution is -2.41. The summed E-state index contributed by atoms with van der Waals surface area (Å²) in [6.45, 7) is 7.00. The third-order valence-corrected chi connectivity index (χ3v) is 4.68. The van der Waals surface area contributed by atoms with Crippen molar-refractivity contribution in [3.63, 3.8) is 0 Å². The van der Waals surface area contributed by atoms with Gasteiger partial charge in [-0.25, -0.2) is 0 Å². The van der Waals surface area contributed by atoms with Gasteiger partial charge in [-0.15, -0.1) is 0 Å². The Morgan fingerprint density at radius 2 is 1.74 bits per heavy atom. The fourth-order valence-electron chi connectivity index (χ4n) is 2.79. The summed E-state index contributed by atoms with van der Waals surface area (Å²) in [5.41, 5.74) is 2.05. The Kier molecular flexibility index (Phi) is 6.96. The average molecular weight is 388 g/mol. The molecule has 1 aliphatic heterocycles. The number of nitrogens with zero attached hydrogens (tertiary/aromatic N) is 3. The Morgan fingerprint density at radius 1 is 1.00 bits per heavy atom. The van der Waals surface area contributed by atoms with Crippen molar-refractivity contribution in [1.29, 1.82) is 0 Å². The quantitative estimate of drug-likeness (QED) is 0.675. The molecule has 5 nitrogen and oxygen atoms in total. The number of halogens is 1. The highest BCUT2D eigenvalue weighted by Crippen LogP contribution is 2.29. The van der Waals surface area contributed by atoms with Crippen molar-refractivity contribution in [1.82, 2.24) is 9.91 Å². The van der Waals surface area contributed by atoms with Gasteiger partial charge in [0.05, 0.1) is 12.8 Å². The van der Waals surface area contributed by atoms with Gasteiger partial charge in [-0.1, -0.05) is 23.7 Å². The number of piperazine rings is 1. The van der Waals surface area contributed by atoms with E-state index in [1.807, 2.05) is 55.6 Å². The standard InChI is InChI=1S/C21H26ClN3O2/c1-3-26-21-14-18(15-23-25-12-10-24(2)11-13-25)6-9-20(21)27-16-17-4-7-19(22)8-5-17/h4-9,14-15H,3,10-13,16H2,1-2H3/b23-15+. The molecule has 0 bridgehead atoms. The third kappa shape index (κ3) is 5.88. The molecule has 1 saturated heterocycles. The van der Waals surface area contributed by atoms with Crippen molar-refractivity contribution in [2.45, 2.75) is 13.5 Å². The summed E-state index contributed by atoms with van der Waals surface area (Å²) in [6.07, 6.45) is 1.89. The maximum atomic E-state index is 5.95. The van der Waals surface area contributed by atoms with Crippen LogP contribution in [0.2, 0.25) is 5.02 Å². The van der Waals surface area contributed by atoms with Crippen LogP contribution in [0.1, 0.15) is 18.1 Å². The molecule has 6 heteroatoms. The highest BCUT2D eigenvalue weighted by molar-refractivity contribution is 6.30. The van der Waals surface area contributed by atoms with Gasteiger partial charge in [-0.2, -0.15) is 5.10 Å². The summed E-state index contributed by atoms with van der Waals surface area (Å²) < 4.78 is 11.7. The minimum absolute atomic E-state index is 0.464. The molecule has 0 spiro atoms. The Hall–Kier alpha value is -2.24. The molecule has 0 radical (unpaired) electrons. The van der Waals surface area contributed by atoms with Crippen LogP contribution >= 0.6 is 11.6 Å². The molecule has 0 unspecified atom stereocenters. The van der Waals surface area contributed by atoms with Gasteiger partial charge >= 0.3 is 0 Å². The van der Waals surface area contributed by atoms with E-state index in [0.29, 0.717) is 13.2 Å². The van der Waals surface area contributed by atoms with Gasteiger partial charge in [0.2, 0.25) is 0 Å². The van der Waals surface area contributed by atoms with Crippen LogP contribution in [0.3, 0.4) is 0 Å². The fourth-order valence-corrected chi connectivity index (χ4v) is 2.92. The van der Waals surface area contributed by atoms with Crippen molar-refractivity contribution in [3.05, 3.63) is 58.6 Å². The molecule has 0 aliphatic carbocycles. The first kappa shape index (κ1) is 19.5. The second kappa shape index (κ2) is 9.62. The Labute approximate surface area is 166 Å². The second-order valence-corrected chi connectivity index (χ2v) is 6.99. The first-order valence-corrected chi connectivity index (χ1v) is 9.63. The van der Waals surface area contributed by atoms with Crippen LogP contribution < -0.4 is 9.47 Å². The molecular weight excluding hydrogens is 362 g/mol. The van der Waals surface area contributed by atoms with Crippen LogP contribution in [0.5, 0.6) is 11.5 Å². The average Bonchev–Trinajstić information content (AvgIpc) is 2.68. The zero-order valence-electron chi connectivity index (χ0n) is 15.9. The van der Waals surface area contributed by atoms with E-state index in [-0.39, 0.29) is 0 Å². The van der Waals surface area contributed by atoms with E-state index >= 15 is 0 Å². The van der Waals surface area contributed by atoms with Crippen LogP contribution in [-0.2, 0) is 6.61 Å². The van der Waals surface area contributed by atoms with E-state index in [4.69, 9.17) is 21.1 Å². The molecule has 0 N–H and O–H groups in total. The number of rotatable bonds is 7. The molecule has 0 aromatic heterocycles. The van der Waals surface area contributed by atoms with Gasteiger partial charge < -0.3 is 14.4 Å². The third-order valence-electron chi connectivity index (χ3n) is 4.42. The molecule has 2 aromatic carbocycles. The number of hydrogen-bond donors (Lipinski definition) is 0. The number of benzene rings is 2. The largest absolute Gasteiger partial charge is 0.490 e. The Bertz CT molecular complexity index is 757. The van der Waals surface area contributed by atoms with Crippen molar-refractivity contribution < 1.29 is 9.47 Å². The summed E-state index contributed by atoms with van der Waals surface area (Å²) in [4.78, 5) is 2.31. The summed E-state index contributed by atoms with van der Waals surface area (Å²) in [6, 6.07) is 13.6. The van der Waals surface area contributed by atoms with Gasteiger partial charge in [0.25, 0.3) is 0 Å². The number of hydrazone groups is 1. The minimum Gasteiger partial charge on any atom is -0.490 e. The molecule has 3 rings (SSSR count). The topological polar surface area (TPSA) is 37.3 Å². The lowest BCUT2D eigenvalue weighted by molar-refractivity contribution is 0.159. The highest BCUT2D eigenvalue weighted by atomic mass is 35.5. The van der Waals surface area contributed by atoms with E-state index in [0.717, 1.165) is 53.8 Å². The summed E-state index contributed by atoms with van der Waals surface area (Å²) in [7, 11) is 2.14. The molecule has 2 aromatic rings. The lowest BCUT2D eigenvalue weighted by Gasteiger charge is -2.30. The first-order chi connectivity index (χ1) is 13.1. The molecular formula is C21H26ClN3O2. The normalized spacial score (nSPS) is 15.3. The number of hydrogen-bond acceptors (Lipinski definition) is 5. The van der Waals surface area contributed by atoms with E-state index in [2.05, 4.69) is 22.1 Å². The molecule has 144 valence electrons. The van der Waals surface area contributed by atoms with Crippen LogP contribution in [0.25, 0.3) is 0 Å². The van der Waals surface area contributed by atoms with E-state index in [9.17, 15) is 0 Å². The van der Waals surface area contributed by atoms with Gasteiger partial charge in [0.1, 0.15) is 6.61 Å². The minimum atomic E-state index is 0.464. The Morgan fingerprint density at radius 3 is 2.44 bits per heavy atom. The molecule has 1 heterocycles. The Balaban J connectivity index is 1.65. The van der Waals surface area contributed by atoms with Gasteiger partial charge in [0.15, 0.2) is 11.5 Å². The first-order valence-electron chi connectivity index (χ1n) is 9.25. The van der Waals surface area contributed by atoms with Crippen molar-refractivity contribution in [3.8, 4) is 11.5 Å². The molecule has 27 heavy (non-hydrogen) atoms. The monoisotopic (exact) mass is 387 g/mol. The van der Waals surface area contributed by atoms with E-state index in [1.165, 1.54) is 0 Å². The predicted molar refractivity (Wildman–Crippen MR) is 110 cm³/mol. The van der Waals surface area contributed by atoms with E-state index in [1.54, 1.807) is 0 Å². The lowest BCUT2D eigenvalue weighted by atomic mass is 10.2. The zero-order valence-corrected chi connectivity index (χ0v) is 16.7. The van der Waals surface area contributed by atoms with Crippen LogP contribution in [0.4, 0.5) is 0 Å². The van der Waals surface area contributed by atoms with Gasteiger partial charge in [-0.3, -0.25) is 5.01 Å². The van der Waals surface area contributed by atoms with Gasteiger partial charge in [-0.05, 0) is 55.4 Å². The fraction of sp³-hybridized carbons (Fsp3) is 0.381. The predicted octanol–water partition coefficient (Wildman–Crippen LogP) is 3.90. The maximum absolute atomic E-state index is 5.95. The van der Waals surface area contributed by atoms with Crippen molar-refractivity contribution >= 4 is 17.8 Å². The molecule has 1 aliphatic rings. The number of likely N-dealkylation sites (N-methyl/N-ethyl adjacent to an activating group) is 1. The number of ether oxygens (including phenoxy) is 2. The smallest absolute Gasteiger partial charge is 0.161 e. The molecule has 0 amide bonds. The van der Waals surface area contributed by atoms with Crippen molar-refractivity contribution in [2.75, 3.05) is 39.8 Å². The molecule has 1 fully saturated rings. The van der Waals surface area contributed by atoms with Crippen molar-refractivity contribution in [2.24, 2.45) is 5.10 Å². The summed E-state index contributed by atoms with van der Waals surface area (Å²) in [5, 5.41) is 7.42. The second-order valence-electron chi connectivity index (χ2n) is 6.56. The SMILES string of the molecule is CCOc1cc(/C=N/N2CCN(C)CC2)ccc1OCc1ccc(Cl)cc1. The highest BCUT2D eigenvalue weighted by Gasteiger charge is 2.11. The zero-order chi connectivity index (χ0) is 19.1. The summed E-state index contributed by atoms with van der Waals surface area (Å²) >= 11 is 5.93. The summed E-state index contributed by atoms with van der Waals surface area (Å²) in [5.74, 6) is 1.46. The van der Waals surface area contributed by atoms with Crippen LogP contribution in [0, 0.1) is 0 Å². The van der Waals surface area contributed by atoms with E-state index < -0.39 is 0 Å². The van der Waals surface area contributed by atoms with Crippen LogP contribution in [-0.4, -0.2) is 56.0 Å². The maximum Gasteiger partial charge on any atom is 0.161 e. The molecule has 0 atom stereocenters. The molecule has 0 saturated carbocycles. The van der Waals surface area contributed by atoms with Crippen LogP contribution in [0.15, 0.2) is 47.6 Å². The van der Waals surface area contributed by atoms with Gasteiger partial charge in [0, 0.05) is 31.2 Å².